The third kappa shape index (κ3) is 11.8. The van der Waals surface area contributed by atoms with Gasteiger partial charge in [0.2, 0.25) is 0 Å². The summed E-state index contributed by atoms with van der Waals surface area (Å²) >= 11 is 0. The maximum absolute atomic E-state index is 5.47. The van der Waals surface area contributed by atoms with Crippen LogP contribution >= 0.6 is 0 Å². The summed E-state index contributed by atoms with van der Waals surface area (Å²) in [6.07, 6.45) is 15.9. The normalized spacial score (nSPS) is 12.1. The smallest absolute Gasteiger partial charge is 0.00425 e. The zero-order valence-corrected chi connectivity index (χ0v) is 11.4. The van der Waals surface area contributed by atoms with E-state index in [-0.39, 0.29) is 0 Å². The molecule has 0 radical (unpaired) electrons. The van der Waals surface area contributed by atoms with Gasteiger partial charge in [0.25, 0.3) is 0 Å². The molecule has 0 atom stereocenters. The fraction of sp³-hybridized carbons (Fsp3) is 0.867. The molecule has 0 saturated heterocycles. The summed E-state index contributed by atoms with van der Waals surface area (Å²) in [5, 5.41) is 0. The van der Waals surface area contributed by atoms with Crippen molar-refractivity contribution in [3.8, 4) is 0 Å². The van der Waals surface area contributed by atoms with Gasteiger partial charge in [0.05, 0.1) is 0 Å². The van der Waals surface area contributed by atoms with E-state index < -0.39 is 0 Å². The van der Waals surface area contributed by atoms with Crippen molar-refractivity contribution in [1.82, 2.24) is 0 Å². The Morgan fingerprint density at radius 2 is 1.50 bits per heavy atom. The SMILES string of the molecule is CCCCCCCCCCC(C)=CCCN. The summed E-state index contributed by atoms with van der Waals surface area (Å²) < 4.78 is 0. The molecule has 0 aromatic rings. The predicted octanol–water partition coefficient (Wildman–Crippen LogP) is 4.81. The lowest BCUT2D eigenvalue weighted by Gasteiger charge is -2.02. The first-order valence-electron chi connectivity index (χ1n) is 7.17. The van der Waals surface area contributed by atoms with Crippen LogP contribution in [0, 0.1) is 0 Å². The maximum atomic E-state index is 5.47. The Hall–Kier alpha value is -0.300. The molecule has 96 valence electrons. The minimum absolute atomic E-state index is 0.786. The topological polar surface area (TPSA) is 26.0 Å². The van der Waals surface area contributed by atoms with Gasteiger partial charge in [-0.2, -0.15) is 0 Å². The monoisotopic (exact) mass is 225 g/mol. The number of unbranched alkanes of at least 4 members (excludes halogenated alkanes) is 7. The molecule has 0 rings (SSSR count). The largest absolute Gasteiger partial charge is 0.330 e. The van der Waals surface area contributed by atoms with Gasteiger partial charge < -0.3 is 5.73 Å². The van der Waals surface area contributed by atoms with Crippen molar-refractivity contribution in [1.29, 1.82) is 0 Å². The summed E-state index contributed by atoms with van der Waals surface area (Å²) in [6.45, 7) is 5.29. The van der Waals surface area contributed by atoms with Gasteiger partial charge in [-0.25, -0.2) is 0 Å². The van der Waals surface area contributed by atoms with Crippen molar-refractivity contribution in [2.75, 3.05) is 6.54 Å². The van der Waals surface area contributed by atoms with E-state index in [1.165, 1.54) is 63.4 Å². The first-order valence-corrected chi connectivity index (χ1v) is 7.17. The molecular formula is C15H31N. The minimum Gasteiger partial charge on any atom is -0.330 e. The van der Waals surface area contributed by atoms with Crippen molar-refractivity contribution in [2.45, 2.75) is 78.1 Å². The Labute approximate surface area is 102 Å². The zero-order chi connectivity index (χ0) is 12.1. The molecule has 0 heterocycles. The van der Waals surface area contributed by atoms with E-state index in [0.717, 1.165) is 13.0 Å². The van der Waals surface area contributed by atoms with E-state index in [0.29, 0.717) is 0 Å². The Morgan fingerprint density at radius 1 is 0.938 bits per heavy atom. The van der Waals surface area contributed by atoms with Gasteiger partial charge in [0, 0.05) is 0 Å². The molecule has 2 N–H and O–H groups in total. The minimum atomic E-state index is 0.786. The van der Waals surface area contributed by atoms with Gasteiger partial charge in [-0.3, -0.25) is 0 Å². The lowest BCUT2D eigenvalue weighted by atomic mass is 10.0. The molecule has 0 fully saturated rings. The molecule has 0 saturated carbocycles. The van der Waals surface area contributed by atoms with Crippen LogP contribution in [0.1, 0.15) is 78.1 Å². The van der Waals surface area contributed by atoms with Crippen molar-refractivity contribution >= 4 is 0 Å². The first-order chi connectivity index (χ1) is 7.81. The fourth-order valence-electron chi connectivity index (χ4n) is 1.97. The van der Waals surface area contributed by atoms with Crippen LogP contribution in [0.3, 0.4) is 0 Å². The fourth-order valence-corrected chi connectivity index (χ4v) is 1.97. The van der Waals surface area contributed by atoms with E-state index in [4.69, 9.17) is 5.73 Å². The molecule has 0 aromatic carbocycles. The van der Waals surface area contributed by atoms with Gasteiger partial charge in [-0.15, -0.1) is 0 Å². The van der Waals surface area contributed by atoms with E-state index >= 15 is 0 Å². The van der Waals surface area contributed by atoms with Gasteiger partial charge in [0.1, 0.15) is 0 Å². The lowest BCUT2D eigenvalue weighted by Crippen LogP contribution is -1.96. The van der Waals surface area contributed by atoms with E-state index in [1.54, 1.807) is 0 Å². The predicted molar refractivity (Wildman–Crippen MR) is 74.7 cm³/mol. The molecule has 0 amide bonds. The second-order valence-electron chi connectivity index (χ2n) is 4.85. The quantitative estimate of drug-likeness (QED) is 0.396. The summed E-state index contributed by atoms with van der Waals surface area (Å²) in [5.74, 6) is 0. The average molecular weight is 225 g/mol. The van der Waals surface area contributed by atoms with Crippen LogP contribution in [0.25, 0.3) is 0 Å². The maximum Gasteiger partial charge on any atom is -0.00425 e. The number of hydrogen-bond donors (Lipinski definition) is 1. The van der Waals surface area contributed by atoms with Crippen molar-refractivity contribution in [2.24, 2.45) is 5.73 Å². The standard InChI is InChI=1S/C15H31N/c1-3-4-5-6-7-8-9-10-12-15(2)13-11-14-16/h13H,3-12,14,16H2,1-2H3. The van der Waals surface area contributed by atoms with Crippen molar-refractivity contribution in [3.05, 3.63) is 11.6 Å². The van der Waals surface area contributed by atoms with Crippen LogP contribution in [0.5, 0.6) is 0 Å². The van der Waals surface area contributed by atoms with Crippen LogP contribution in [0.2, 0.25) is 0 Å². The van der Waals surface area contributed by atoms with Crippen LogP contribution < -0.4 is 5.73 Å². The molecule has 0 aromatic heterocycles. The molecule has 0 aliphatic carbocycles. The second kappa shape index (κ2) is 12.8. The first kappa shape index (κ1) is 15.7. The highest BCUT2D eigenvalue weighted by Crippen LogP contribution is 2.12. The molecule has 0 aliphatic heterocycles. The summed E-state index contributed by atoms with van der Waals surface area (Å²) in [4.78, 5) is 0. The molecule has 1 heteroatoms. The van der Waals surface area contributed by atoms with Crippen molar-refractivity contribution in [3.63, 3.8) is 0 Å². The highest BCUT2D eigenvalue weighted by Gasteiger charge is 1.93. The zero-order valence-electron chi connectivity index (χ0n) is 11.4. The Morgan fingerprint density at radius 3 is 2.06 bits per heavy atom. The lowest BCUT2D eigenvalue weighted by molar-refractivity contribution is 0.574. The van der Waals surface area contributed by atoms with Crippen molar-refractivity contribution < 1.29 is 0 Å². The molecule has 0 unspecified atom stereocenters. The van der Waals surface area contributed by atoms with Gasteiger partial charge in [-0.05, 0) is 32.7 Å². The molecule has 16 heavy (non-hydrogen) atoms. The number of rotatable bonds is 11. The van der Waals surface area contributed by atoms with Crippen LogP contribution in [0.4, 0.5) is 0 Å². The summed E-state index contributed by atoms with van der Waals surface area (Å²) in [5.41, 5.74) is 6.99. The Balaban J connectivity index is 3.14. The second-order valence-corrected chi connectivity index (χ2v) is 4.85. The molecule has 0 aliphatic rings. The number of hydrogen-bond acceptors (Lipinski definition) is 1. The van der Waals surface area contributed by atoms with E-state index in [9.17, 15) is 0 Å². The Kier molecular flexibility index (Phi) is 12.5. The van der Waals surface area contributed by atoms with Gasteiger partial charge >= 0.3 is 0 Å². The highest BCUT2D eigenvalue weighted by molar-refractivity contribution is 4.97. The number of nitrogens with two attached hydrogens (primary N) is 1. The molecule has 1 nitrogen and oxygen atoms in total. The molecular weight excluding hydrogens is 194 g/mol. The molecule has 0 bridgehead atoms. The van der Waals surface area contributed by atoms with E-state index in [2.05, 4.69) is 19.9 Å². The van der Waals surface area contributed by atoms with Crippen LogP contribution in [-0.2, 0) is 0 Å². The highest BCUT2D eigenvalue weighted by atomic mass is 14.5. The summed E-state index contributed by atoms with van der Waals surface area (Å²) in [6, 6.07) is 0. The Bertz CT molecular complexity index is 161. The third-order valence-corrected chi connectivity index (χ3v) is 3.08. The third-order valence-electron chi connectivity index (χ3n) is 3.08. The average Bonchev–Trinajstić information content (AvgIpc) is 2.30. The molecule has 0 spiro atoms. The van der Waals surface area contributed by atoms with Crippen LogP contribution in [0.15, 0.2) is 11.6 Å². The van der Waals surface area contributed by atoms with E-state index in [1.807, 2.05) is 0 Å². The summed E-state index contributed by atoms with van der Waals surface area (Å²) in [7, 11) is 0. The number of allylic oxidation sites excluding steroid dienone is 1. The van der Waals surface area contributed by atoms with Crippen LogP contribution in [-0.4, -0.2) is 6.54 Å². The van der Waals surface area contributed by atoms with Gasteiger partial charge in [0.15, 0.2) is 0 Å². The van der Waals surface area contributed by atoms with Gasteiger partial charge in [-0.1, -0.05) is 63.5 Å².